The van der Waals surface area contributed by atoms with E-state index in [1.807, 2.05) is 91.0 Å². The molecule has 0 unspecified atom stereocenters. The van der Waals surface area contributed by atoms with Gasteiger partial charge in [-0.1, -0.05) is 103 Å². The highest BCUT2D eigenvalue weighted by molar-refractivity contribution is 7.99. The molecule has 0 aromatic heterocycles. The van der Waals surface area contributed by atoms with Crippen molar-refractivity contribution in [2.24, 2.45) is 0 Å². The predicted molar refractivity (Wildman–Crippen MR) is 157 cm³/mol. The first-order chi connectivity index (χ1) is 20.7. The lowest BCUT2D eigenvalue weighted by atomic mass is 9.95. The fourth-order valence-corrected chi connectivity index (χ4v) is 6.97. The van der Waals surface area contributed by atoms with Gasteiger partial charge in [0.15, 0.2) is 6.29 Å². The highest BCUT2D eigenvalue weighted by Gasteiger charge is 2.56. The Bertz CT molecular complexity index is 1520. The molecule has 2 saturated heterocycles. The minimum atomic E-state index is -0.776. The second-order valence-electron chi connectivity index (χ2n) is 10.4. The van der Waals surface area contributed by atoms with E-state index in [1.54, 1.807) is 24.3 Å². The average molecular weight is 580 g/mol. The summed E-state index contributed by atoms with van der Waals surface area (Å²) in [5.41, 5.74) is 1.98. The zero-order valence-electron chi connectivity index (χ0n) is 22.7. The first-order valence-corrected chi connectivity index (χ1v) is 14.9. The first kappa shape index (κ1) is 27.1. The van der Waals surface area contributed by atoms with E-state index in [0.717, 1.165) is 16.0 Å². The summed E-state index contributed by atoms with van der Waals surface area (Å²) < 4.78 is 26.1. The smallest absolute Gasteiger partial charge is 0.262 e. The summed E-state index contributed by atoms with van der Waals surface area (Å²) in [5, 5.41) is 0. The summed E-state index contributed by atoms with van der Waals surface area (Å²) in [7, 11) is 0. The molecule has 0 aliphatic carbocycles. The molecule has 6 atom stereocenters. The Morgan fingerprint density at radius 1 is 0.738 bits per heavy atom. The molecule has 2 fully saturated rings. The van der Waals surface area contributed by atoms with E-state index in [1.165, 1.54) is 16.7 Å². The molecule has 0 N–H and O–H groups in total. The van der Waals surface area contributed by atoms with E-state index >= 15 is 0 Å². The van der Waals surface area contributed by atoms with Crippen molar-refractivity contribution < 1.29 is 28.5 Å². The van der Waals surface area contributed by atoms with Gasteiger partial charge in [0.05, 0.1) is 24.3 Å². The largest absolute Gasteiger partial charge is 0.368 e. The molecule has 3 aliphatic rings. The van der Waals surface area contributed by atoms with E-state index in [9.17, 15) is 9.59 Å². The Labute approximate surface area is 248 Å². The van der Waals surface area contributed by atoms with E-state index < -0.39 is 36.1 Å². The second-order valence-corrected chi connectivity index (χ2v) is 11.6. The lowest BCUT2D eigenvalue weighted by Gasteiger charge is -2.51. The number of nitrogens with zero attached hydrogens (tertiary/aromatic N) is 1. The Morgan fingerprint density at radius 3 is 2.00 bits per heavy atom. The zero-order chi connectivity index (χ0) is 28.5. The number of carbonyl (C=O) groups is 2. The van der Waals surface area contributed by atoms with Crippen LogP contribution in [0, 0.1) is 0 Å². The van der Waals surface area contributed by atoms with Gasteiger partial charge in [-0.3, -0.25) is 14.5 Å². The average Bonchev–Trinajstić information content (AvgIpc) is 3.30. The van der Waals surface area contributed by atoms with Gasteiger partial charge in [0.25, 0.3) is 11.8 Å². The highest BCUT2D eigenvalue weighted by Crippen LogP contribution is 2.43. The monoisotopic (exact) mass is 579 g/mol. The second kappa shape index (κ2) is 11.8. The van der Waals surface area contributed by atoms with Crippen LogP contribution in [0.5, 0.6) is 0 Å². The van der Waals surface area contributed by atoms with Crippen LogP contribution in [0.2, 0.25) is 0 Å². The van der Waals surface area contributed by atoms with Crippen LogP contribution < -0.4 is 0 Å². The molecule has 8 heteroatoms. The molecule has 212 valence electrons. The maximum absolute atomic E-state index is 13.9. The lowest BCUT2D eigenvalue weighted by molar-refractivity contribution is -0.316. The van der Waals surface area contributed by atoms with Crippen LogP contribution in [-0.4, -0.2) is 53.1 Å². The van der Waals surface area contributed by atoms with Crippen molar-refractivity contribution in [2.45, 2.75) is 47.6 Å². The van der Waals surface area contributed by atoms with Crippen molar-refractivity contribution in [3.05, 3.63) is 138 Å². The Balaban J connectivity index is 1.29. The number of amides is 2. The summed E-state index contributed by atoms with van der Waals surface area (Å²) in [6, 6.07) is 35.5. The molecule has 7 rings (SSSR count). The van der Waals surface area contributed by atoms with Gasteiger partial charge in [-0.2, -0.15) is 0 Å². The Hall–Kier alpha value is -3.79. The van der Waals surface area contributed by atoms with Crippen LogP contribution in [0.1, 0.15) is 38.1 Å². The van der Waals surface area contributed by atoms with E-state index in [-0.39, 0.29) is 25.0 Å². The van der Waals surface area contributed by atoms with Gasteiger partial charge in [0, 0.05) is 10.5 Å². The number of hydrogen-bond acceptors (Lipinski definition) is 7. The minimum absolute atomic E-state index is 0.274. The molecule has 4 aromatic rings. The Morgan fingerprint density at radius 2 is 1.33 bits per heavy atom. The summed E-state index contributed by atoms with van der Waals surface area (Å²) in [4.78, 5) is 30.1. The number of fused-ring (bicyclic) bond motifs is 2. The number of rotatable bonds is 7. The minimum Gasteiger partial charge on any atom is -0.368 e. The molecule has 0 spiro atoms. The third-order valence-electron chi connectivity index (χ3n) is 7.78. The van der Waals surface area contributed by atoms with Crippen molar-refractivity contribution in [1.82, 2.24) is 4.90 Å². The van der Waals surface area contributed by atoms with Crippen molar-refractivity contribution in [2.75, 3.05) is 6.61 Å². The molecule has 2 amide bonds. The third-order valence-corrected chi connectivity index (χ3v) is 8.95. The summed E-state index contributed by atoms with van der Waals surface area (Å²) in [6.45, 7) is 0.549. The highest BCUT2D eigenvalue weighted by atomic mass is 32.2. The predicted octanol–water partition coefficient (Wildman–Crippen LogP) is 5.87. The number of ether oxygens (including phenoxy) is 4. The van der Waals surface area contributed by atoms with E-state index in [0.29, 0.717) is 11.1 Å². The van der Waals surface area contributed by atoms with Gasteiger partial charge in [0.1, 0.15) is 29.8 Å². The van der Waals surface area contributed by atoms with Crippen LogP contribution >= 0.6 is 11.8 Å². The molecule has 3 aliphatic heterocycles. The van der Waals surface area contributed by atoms with Crippen LogP contribution in [-0.2, 0) is 25.6 Å². The summed E-state index contributed by atoms with van der Waals surface area (Å²) in [6.07, 6.45) is -2.41. The summed E-state index contributed by atoms with van der Waals surface area (Å²) >= 11 is 1.46. The van der Waals surface area contributed by atoms with Crippen molar-refractivity contribution in [3.8, 4) is 0 Å². The molecule has 42 heavy (non-hydrogen) atoms. The third kappa shape index (κ3) is 5.17. The molecular formula is C34H29NO6S. The standard InChI is InChI=1S/C34H29NO6S/c36-31-25-18-10-11-19-26(25)32(37)35(31)28-30(38-20-22-12-4-1-5-13-22)29-27(40-34(28)42-24-16-8-3-9-17-24)21-39-33(41-29)23-14-6-2-7-15-23/h1-19,27-30,33-34H,20-21H2/t27-,28-,29-,30-,33-,34+/m1/s1. The zero-order valence-corrected chi connectivity index (χ0v) is 23.5. The number of hydrogen-bond donors (Lipinski definition) is 0. The lowest BCUT2D eigenvalue weighted by Crippen LogP contribution is -2.67. The molecule has 0 saturated carbocycles. The fraction of sp³-hybridized carbons (Fsp3) is 0.235. The molecule has 4 aromatic carbocycles. The van der Waals surface area contributed by atoms with Crippen LogP contribution in [0.3, 0.4) is 0 Å². The van der Waals surface area contributed by atoms with Crippen molar-refractivity contribution in [3.63, 3.8) is 0 Å². The van der Waals surface area contributed by atoms with Gasteiger partial charge in [-0.05, 0) is 29.8 Å². The van der Waals surface area contributed by atoms with Crippen LogP contribution in [0.15, 0.2) is 120 Å². The van der Waals surface area contributed by atoms with Crippen LogP contribution in [0.4, 0.5) is 0 Å². The molecule has 0 radical (unpaired) electrons. The van der Waals surface area contributed by atoms with Gasteiger partial charge in [-0.15, -0.1) is 0 Å². The van der Waals surface area contributed by atoms with Gasteiger partial charge in [-0.25, -0.2) is 0 Å². The first-order valence-electron chi connectivity index (χ1n) is 14.0. The fourth-order valence-electron chi connectivity index (χ4n) is 5.78. The SMILES string of the molecule is O=C1c2ccccc2C(=O)N1[C@@H]1[C@@H](OCc2ccccc2)[C@@H]2O[C@H](c3ccccc3)OC[C@H]2O[C@H]1Sc1ccccc1. The molecule has 3 heterocycles. The summed E-state index contributed by atoms with van der Waals surface area (Å²) in [5.74, 6) is -0.720. The maximum atomic E-state index is 13.9. The van der Waals surface area contributed by atoms with Gasteiger partial charge in [0.2, 0.25) is 0 Å². The normalized spacial score (nSPS) is 27.0. The maximum Gasteiger partial charge on any atom is 0.262 e. The van der Waals surface area contributed by atoms with Gasteiger partial charge >= 0.3 is 0 Å². The van der Waals surface area contributed by atoms with Crippen molar-refractivity contribution in [1.29, 1.82) is 0 Å². The molecule has 0 bridgehead atoms. The quantitative estimate of drug-likeness (QED) is 0.254. The van der Waals surface area contributed by atoms with Crippen LogP contribution in [0.25, 0.3) is 0 Å². The van der Waals surface area contributed by atoms with E-state index in [4.69, 9.17) is 18.9 Å². The number of carbonyl (C=O) groups excluding carboxylic acids is 2. The number of thioether (sulfide) groups is 1. The van der Waals surface area contributed by atoms with Gasteiger partial charge < -0.3 is 18.9 Å². The van der Waals surface area contributed by atoms with Crippen molar-refractivity contribution >= 4 is 23.6 Å². The number of imide groups is 1. The number of benzene rings is 4. The van der Waals surface area contributed by atoms with E-state index in [2.05, 4.69) is 0 Å². The topological polar surface area (TPSA) is 74.3 Å². The molecule has 7 nitrogen and oxygen atoms in total. The molecular weight excluding hydrogens is 550 g/mol. The Kier molecular flexibility index (Phi) is 7.63.